The Bertz CT molecular complexity index is 1170. The van der Waals surface area contributed by atoms with Gasteiger partial charge in [-0.1, -0.05) is 12.1 Å². The summed E-state index contributed by atoms with van der Waals surface area (Å²) >= 11 is 1.17. The smallest absolute Gasteiger partial charge is 0.348 e. The van der Waals surface area contributed by atoms with Crippen LogP contribution in [0.1, 0.15) is 27.0 Å². The summed E-state index contributed by atoms with van der Waals surface area (Å²) < 4.78 is 28.7. The van der Waals surface area contributed by atoms with Crippen LogP contribution < -0.4 is 14.8 Å². The van der Waals surface area contributed by atoms with Crippen molar-refractivity contribution in [2.24, 2.45) is 0 Å². The van der Waals surface area contributed by atoms with Crippen LogP contribution in [0.5, 0.6) is 11.5 Å². The van der Waals surface area contributed by atoms with Gasteiger partial charge in [0.25, 0.3) is 5.91 Å². The molecule has 4 rings (SSSR count). The second kappa shape index (κ2) is 8.57. The number of rotatable bonds is 6. The maximum Gasteiger partial charge on any atom is 0.348 e. The number of benzene rings is 2. The summed E-state index contributed by atoms with van der Waals surface area (Å²) in [6, 6.07) is 12.2. The van der Waals surface area contributed by atoms with E-state index in [1.807, 2.05) is 0 Å². The minimum absolute atomic E-state index is 0.0302. The molecule has 1 N–H and O–H groups in total. The van der Waals surface area contributed by atoms with Crippen molar-refractivity contribution in [3.05, 3.63) is 64.8 Å². The van der Waals surface area contributed by atoms with Crippen LogP contribution in [0.2, 0.25) is 0 Å². The van der Waals surface area contributed by atoms with E-state index in [2.05, 4.69) is 5.32 Å². The van der Waals surface area contributed by atoms with Gasteiger partial charge < -0.3 is 19.5 Å². The predicted octanol–water partition coefficient (Wildman–Crippen LogP) is 4.28. The number of carbonyl (C=O) groups excluding carboxylic acids is 3. The molecule has 0 saturated carbocycles. The van der Waals surface area contributed by atoms with Gasteiger partial charge in [-0.3, -0.25) is 9.59 Å². The molecule has 0 bridgehead atoms. The zero-order valence-corrected chi connectivity index (χ0v) is 17.1. The monoisotopic (exact) mass is 441 g/mol. The number of anilines is 1. The van der Waals surface area contributed by atoms with Gasteiger partial charge in [0, 0.05) is 16.5 Å². The van der Waals surface area contributed by atoms with Gasteiger partial charge in [-0.25, -0.2) is 9.18 Å². The number of fused-ring (bicyclic) bond motifs is 1. The van der Waals surface area contributed by atoms with E-state index in [0.717, 1.165) is 10.4 Å². The van der Waals surface area contributed by atoms with E-state index < -0.39 is 18.5 Å². The number of thiophene rings is 1. The quantitative estimate of drug-likeness (QED) is 0.454. The molecular weight excluding hydrogens is 425 g/mol. The number of halogens is 1. The highest BCUT2D eigenvalue weighted by Gasteiger charge is 2.21. The molecule has 158 valence electrons. The largest absolute Gasteiger partial charge is 0.454 e. The molecule has 2 heterocycles. The highest BCUT2D eigenvalue weighted by Crippen LogP contribution is 2.37. The lowest BCUT2D eigenvalue weighted by molar-refractivity contribution is -0.119. The molecule has 1 aliphatic heterocycles. The summed E-state index contributed by atoms with van der Waals surface area (Å²) in [4.78, 5) is 37.5. The molecule has 0 saturated heterocycles. The van der Waals surface area contributed by atoms with Gasteiger partial charge in [0.2, 0.25) is 6.79 Å². The van der Waals surface area contributed by atoms with Crippen LogP contribution in [0.15, 0.2) is 48.5 Å². The van der Waals surface area contributed by atoms with Crippen LogP contribution in [0, 0.1) is 5.82 Å². The molecule has 1 amide bonds. The Hall–Kier alpha value is -3.72. The summed E-state index contributed by atoms with van der Waals surface area (Å²) in [5.41, 5.74) is 1.27. The molecule has 9 heteroatoms. The fourth-order valence-electron chi connectivity index (χ4n) is 2.94. The minimum atomic E-state index is -0.661. The van der Waals surface area contributed by atoms with Gasteiger partial charge in [0.15, 0.2) is 23.9 Å². The molecule has 2 aromatic carbocycles. The van der Waals surface area contributed by atoms with Crippen LogP contribution in [-0.2, 0) is 9.53 Å². The summed E-state index contributed by atoms with van der Waals surface area (Å²) in [7, 11) is 0. The summed E-state index contributed by atoms with van der Waals surface area (Å²) in [5, 5.41) is 2.56. The van der Waals surface area contributed by atoms with Crippen molar-refractivity contribution in [2.45, 2.75) is 6.92 Å². The molecule has 7 nitrogen and oxygen atoms in total. The van der Waals surface area contributed by atoms with E-state index in [0.29, 0.717) is 16.4 Å². The molecule has 1 aliphatic rings. The molecular formula is C22H16FNO6S. The highest BCUT2D eigenvalue weighted by atomic mass is 32.1. The maximum atomic E-state index is 13.1. The molecule has 0 radical (unpaired) electrons. The van der Waals surface area contributed by atoms with Gasteiger partial charge in [-0.2, -0.15) is 0 Å². The lowest BCUT2D eigenvalue weighted by Crippen LogP contribution is -2.21. The van der Waals surface area contributed by atoms with Crippen LogP contribution in [0.4, 0.5) is 10.1 Å². The summed E-state index contributed by atoms with van der Waals surface area (Å²) in [5.74, 6) is -1.05. The predicted molar refractivity (Wildman–Crippen MR) is 111 cm³/mol. The third-order valence-electron chi connectivity index (χ3n) is 4.44. The highest BCUT2D eigenvalue weighted by molar-refractivity contribution is 7.17. The number of ketones is 1. The first-order chi connectivity index (χ1) is 14.9. The molecule has 0 unspecified atom stereocenters. The lowest BCUT2D eigenvalue weighted by atomic mass is 10.1. The first-order valence-electron chi connectivity index (χ1n) is 9.18. The fraction of sp³-hybridized carbons (Fsp3) is 0.136. The van der Waals surface area contributed by atoms with Crippen molar-refractivity contribution < 1.29 is 33.0 Å². The van der Waals surface area contributed by atoms with Gasteiger partial charge in [-0.15, -0.1) is 11.3 Å². The average Bonchev–Trinajstić information content (AvgIpc) is 3.41. The normalized spacial score (nSPS) is 11.8. The van der Waals surface area contributed by atoms with Crippen molar-refractivity contribution in [3.63, 3.8) is 0 Å². The van der Waals surface area contributed by atoms with Crippen molar-refractivity contribution in [1.29, 1.82) is 0 Å². The molecule has 0 fully saturated rings. The van der Waals surface area contributed by atoms with Gasteiger partial charge in [0.1, 0.15) is 10.7 Å². The Morgan fingerprint density at radius 1 is 1.06 bits per heavy atom. The first kappa shape index (κ1) is 20.5. The second-order valence-corrected chi connectivity index (χ2v) is 7.69. The van der Waals surface area contributed by atoms with Crippen LogP contribution >= 0.6 is 11.3 Å². The Kier molecular flexibility index (Phi) is 5.68. The standard InChI is InChI=1S/C22H16FNO6S/c1-12(25)15-8-17-18(30-11-29-17)9-16(15)24-21(26)10-28-22(27)20-7-6-19(31-20)13-2-4-14(23)5-3-13/h2-9H,10-11H2,1H3,(H,24,26). The summed E-state index contributed by atoms with van der Waals surface area (Å²) in [6.07, 6.45) is 0. The molecule has 1 aromatic heterocycles. The minimum Gasteiger partial charge on any atom is -0.454 e. The van der Waals surface area contributed by atoms with Gasteiger partial charge in [-0.05, 0) is 42.8 Å². The average molecular weight is 441 g/mol. The number of hydrogen-bond acceptors (Lipinski definition) is 7. The van der Waals surface area contributed by atoms with Crippen molar-refractivity contribution in [1.82, 2.24) is 0 Å². The molecule has 0 aliphatic carbocycles. The van der Waals surface area contributed by atoms with E-state index in [1.54, 1.807) is 24.3 Å². The van der Waals surface area contributed by atoms with Crippen molar-refractivity contribution >= 4 is 34.7 Å². The van der Waals surface area contributed by atoms with E-state index >= 15 is 0 Å². The zero-order chi connectivity index (χ0) is 22.0. The van der Waals surface area contributed by atoms with Crippen molar-refractivity contribution in [2.75, 3.05) is 18.7 Å². The Morgan fingerprint density at radius 3 is 2.48 bits per heavy atom. The number of hydrogen-bond donors (Lipinski definition) is 1. The SMILES string of the molecule is CC(=O)c1cc2c(cc1NC(=O)COC(=O)c1ccc(-c3ccc(F)cc3)s1)OCO2. The number of esters is 1. The number of amides is 1. The number of Topliss-reactive ketones (excluding diaryl/α,β-unsaturated/α-hetero) is 1. The Morgan fingerprint density at radius 2 is 1.77 bits per heavy atom. The molecule has 3 aromatic rings. The summed E-state index contributed by atoms with van der Waals surface area (Å²) in [6.45, 7) is 0.861. The molecule has 31 heavy (non-hydrogen) atoms. The van der Waals surface area contributed by atoms with Crippen LogP contribution in [0.25, 0.3) is 10.4 Å². The zero-order valence-electron chi connectivity index (χ0n) is 16.3. The fourth-order valence-corrected chi connectivity index (χ4v) is 3.85. The van der Waals surface area contributed by atoms with E-state index in [4.69, 9.17) is 14.2 Å². The number of nitrogens with one attached hydrogen (secondary N) is 1. The van der Waals surface area contributed by atoms with Crippen LogP contribution in [0.3, 0.4) is 0 Å². The van der Waals surface area contributed by atoms with Crippen LogP contribution in [-0.4, -0.2) is 31.1 Å². The second-order valence-electron chi connectivity index (χ2n) is 6.60. The van der Waals surface area contributed by atoms with Crippen molar-refractivity contribution in [3.8, 4) is 21.9 Å². The molecule has 0 spiro atoms. The number of ether oxygens (including phenoxy) is 3. The molecule has 0 atom stereocenters. The first-order valence-corrected chi connectivity index (χ1v) is 9.99. The van der Waals surface area contributed by atoms with Gasteiger partial charge >= 0.3 is 5.97 Å². The third-order valence-corrected chi connectivity index (χ3v) is 5.55. The topological polar surface area (TPSA) is 90.9 Å². The van der Waals surface area contributed by atoms with E-state index in [-0.39, 0.29) is 29.6 Å². The Balaban J connectivity index is 1.39. The lowest BCUT2D eigenvalue weighted by Gasteiger charge is -2.10. The maximum absolute atomic E-state index is 13.1. The van der Waals surface area contributed by atoms with E-state index in [9.17, 15) is 18.8 Å². The Labute approximate surface area is 180 Å². The van der Waals surface area contributed by atoms with E-state index in [1.165, 1.54) is 42.5 Å². The van der Waals surface area contributed by atoms with Gasteiger partial charge in [0.05, 0.1) is 5.69 Å². The number of carbonyl (C=O) groups is 3. The third kappa shape index (κ3) is 4.56.